The Hall–Kier alpha value is -2.11. The molecule has 0 aliphatic heterocycles. The number of rotatable bonds is 7. The molecule has 0 aliphatic rings. The second-order valence-electron chi connectivity index (χ2n) is 4.77. The molecule has 2 heterocycles. The second-order valence-corrected chi connectivity index (χ2v) is 4.77. The summed E-state index contributed by atoms with van der Waals surface area (Å²) in [7, 11) is 1.93. The van der Waals surface area contributed by atoms with Crippen LogP contribution < -0.4 is 10.6 Å². The van der Waals surface area contributed by atoms with Crippen LogP contribution in [-0.4, -0.2) is 32.8 Å². The summed E-state index contributed by atoms with van der Waals surface area (Å²) in [6.45, 7) is 5.76. The van der Waals surface area contributed by atoms with E-state index < -0.39 is 0 Å². The van der Waals surface area contributed by atoms with Gasteiger partial charge in [-0.05, 0) is 19.4 Å². The van der Waals surface area contributed by atoms with Crippen LogP contribution in [-0.2, 0) is 13.5 Å². The topological polar surface area (TPSA) is 67.7 Å². The highest BCUT2D eigenvalue weighted by atomic mass is 15.2. The Morgan fingerprint density at radius 3 is 2.45 bits per heavy atom. The first kappa shape index (κ1) is 14.3. The molecule has 0 atom stereocenters. The second kappa shape index (κ2) is 6.88. The molecule has 2 N–H and O–H groups in total. The maximum Gasteiger partial charge on any atom is 0.131 e. The van der Waals surface area contributed by atoms with E-state index >= 15 is 0 Å². The van der Waals surface area contributed by atoms with Crippen molar-refractivity contribution in [3.63, 3.8) is 0 Å². The van der Waals surface area contributed by atoms with E-state index in [1.54, 1.807) is 0 Å². The average molecular weight is 274 g/mol. The van der Waals surface area contributed by atoms with Gasteiger partial charge in [-0.1, -0.05) is 6.92 Å². The Bertz CT molecular complexity index is 548. The Labute approximate surface area is 119 Å². The van der Waals surface area contributed by atoms with Crippen molar-refractivity contribution in [2.24, 2.45) is 7.05 Å². The SMILES string of the molecule is CCCNc1cc(NCCc2ccn(C)n2)nc(C)n1. The van der Waals surface area contributed by atoms with Crippen molar-refractivity contribution >= 4 is 11.6 Å². The quantitative estimate of drug-likeness (QED) is 0.808. The molecule has 0 radical (unpaired) electrons. The van der Waals surface area contributed by atoms with Gasteiger partial charge in [-0.3, -0.25) is 4.68 Å². The van der Waals surface area contributed by atoms with E-state index in [2.05, 4.69) is 32.6 Å². The molecule has 6 heteroatoms. The maximum absolute atomic E-state index is 4.39. The summed E-state index contributed by atoms with van der Waals surface area (Å²) >= 11 is 0. The Morgan fingerprint density at radius 2 is 1.85 bits per heavy atom. The van der Waals surface area contributed by atoms with Gasteiger partial charge in [-0.2, -0.15) is 5.10 Å². The summed E-state index contributed by atoms with van der Waals surface area (Å²) in [5.74, 6) is 2.50. The van der Waals surface area contributed by atoms with E-state index in [0.717, 1.165) is 49.1 Å². The molecule has 0 aliphatic carbocycles. The number of nitrogens with zero attached hydrogens (tertiary/aromatic N) is 4. The fourth-order valence-corrected chi connectivity index (χ4v) is 1.92. The number of aryl methyl sites for hydroxylation is 2. The number of hydrogen-bond donors (Lipinski definition) is 2. The average Bonchev–Trinajstić information content (AvgIpc) is 2.81. The Kier molecular flexibility index (Phi) is 4.92. The molecule has 0 saturated heterocycles. The smallest absolute Gasteiger partial charge is 0.131 e. The molecule has 0 saturated carbocycles. The van der Waals surface area contributed by atoms with Crippen molar-refractivity contribution in [3.05, 3.63) is 29.8 Å². The summed E-state index contributed by atoms with van der Waals surface area (Å²) in [4.78, 5) is 8.75. The van der Waals surface area contributed by atoms with Gasteiger partial charge in [-0.25, -0.2) is 9.97 Å². The minimum absolute atomic E-state index is 0.770. The molecule has 2 aromatic heterocycles. The molecule has 0 spiro atoms. The molecule has 6 nitrogen and oxygen atoms in total. The molecule has 0 aromatic carbocycles. The molecule has 2 aromatic rings. The highest BCUT2D eigenvalue weighted by Gasteiger charge is 2.02. The number of aromatic nitrogens is 4. The molecular formula is C14H22N6. The van der Waals surface area contributed by atoms with Crippen LogP contribution >= 0.6 is 0 Å². The van der Waals surface area contributed by atoms with E-state index in [1.807, 2.05) is 37.0 Å². The molecule has 20 heavy (non-hydrogen) atoms. The lowest BCUT2D eigenvalue weighted by Crippen LogP contribution is -2.10. The monoisotopic (exact) mass is 274 g/mol. The van der Waals surface area contributed by atoms with Crippen molar-refractivity contribution in [3.8, 4) is 0 Å². The first-order chi connectivity index (χ1) is 9.67. The van der Waals surface area contributed by atoms with Crippen molar-refractivity contribution < 1.29 is 0 Å². The van der Waals surface area contributed by atoms with Gasteiger partial charge < -0.3 is 10.6 Å². The lowest BCUT2D eigenvalue weighted by Gasteiger charge is -2.09. The van der Waals surface area contributed by atoms with E-state index in [9.17, 15) is 0 Å². The summed E-state index contributed by atoms with van der Waals surface area (Å²) < 4.78 is 1.82. The van der Waals surface area contributed by atoms with E-state index in [4.69, 9.17) is 0 Å². The van der Waals surface area contributed by atoms with Crippen LogP contribution in [0.5, 0.6) is 0 Å². The van der Waals surface area contributed by atoms with Gasteiger partial charge in [0.15, 0.2) is 0 Å². The van der Waals surface area contributed by atoms with Gasteiger partial charge in [0.1, 0.15) is 17.5 Å². The van der Waals surface area contributed by atoms with Crippen LogP contribution in [0.15, 0.2) is 18.3 Å². The summed E-state index contributed by atoms with van der Waals surface area (Å²) in [5, 5.41) is 10.9. The molecule has 0 bridgehead atoms. The normalized spacial score (nSPS) is 10.6. The van der Waals surface area contributed by atoms with E-state index in [0.29, 0.717) is 0 Å². The van der Waals surface area contributed by atoms with Gasteiger partial charge >= 0.3 is 0 Å². The van der Waals surface area contributed by atoms with E-state index in [-0.39, 0.29) is 0 Å². The van der Waals surface area contributed by atoms with Crippen LogP contribution in [0.25, 0.3) is 0 Å². The number of hydrogen-bond acceptors (Lipinski definition) is 5. The molecule has 0 fully saturated rings. The Balaban J connectivity index is 1.89. The molecule has 0 unspecified atom stereocenters. The molecular weight excluding hydrogens is 252 g/mol. The largest absolute Gasteiger partial charge is 0.370 e. The zero-order valence-electron chi connectivity index (χ0n) is 12.3. The van der Waals surface area contributed by atoms with Crippen LogP contribution in [0.1, 0.15) is 24.9 Å². The number of nitrogens with one attached hydrogen (secondary N) is 2. The minimum Gasteiger partial charge on any atom is -0.370 e. The number of anilines is 2. The predicted octanol–water partition coefficient (Wildman–Crippen LogP) is 2.00. The lowest BCUT2D eigenvalue weighted by molar-refractivity contribution is 0.742. The first-order valence-electron chi connectivity index (χ1n) is 6.99. The summed E-state index contributed by atoms with van der Waals surface area (Å²) in [6.07, 6.45) is 3.91. The fourth-order valence-electron chi connectivity index (χ4n) is 1.92. The van der Waals surface area contributed by atoms with Crippen LogP contribution in [0.3, 0.4) is 0 Å². The van der Waals surface area contributed by atoms with Crippen molar-refractivity contribution in [1.29, 1.82) is 0 Å². The molecule has 108 valence electrons. The van der Waals surface area contributed by atoms with Gasteiger partial charge in [0.25, 0.3) is 0 Å². The lowest BCUT2D eigenvalue weighted by atomic mass is 10.3. The van der Waals surface area contributed by atoms with Gasteiger partial charge in [0.05, 0.1) is 5.69 Å². The van der Waals surface area contributed by atoms with Crippen molar-refractivity contribution in [1.82, 2.24) is 19.7 Å². The van der Waals surface area contributed by atoms with E-state index in [1.165, 1.54) is 0 Å². The van der Waals surface area contributed by atoms with Crippen molar-refractivity contribution in [2.45, 2.75) is 26.7 Å². The third-order valence-corrected chi connectivity index (χ3v) is 2.85. The fraction of sp³-hybridized carbons (Fsp3) is 0.500. The highest BCUT2D eigenvalue weighted by Crippen LogP contribution is 2.11. The maximum atomic E-state index is 4.39. The Morgan fingerprint density at radius 1 is 1.15 bits per heavy atom. The van der Waals surface area contributed by atoms with Crippen molar-refractivity contribution in [2.75, 3.05) is 23.7 Å². The van der Waals surface area contributed by atoms with Gasteiger partial charge in [0.2, 0.25) is 0 Å². The first-order valence-corrected chi connectivity index (χ1v) is 6.99. The summed E-state index contributed by atoms with van der Waals surface area (Å²) in [5.41, 5.74) is 1.08. The highest BCUT2D eigenvalue weighted by molar-refractivity contribution is 5.47. The third kappa shape index (κ3) is 4.22. The van der Waals surface area contributed by atoms with Gasteiger partial charge in [-0.15, -0.1) is 0 Å². The van der Waals surface area contributed by atoms with Crippen LogP contribution in [0.2, 0.25) is 0 Å². The van der Waals surface area contributed by atoms with Crippen LogP contribution in [0.4, 0.5) is 11.6 Å². The van der Waals surface area contributed by atoms with Gasteiger partial charge in [0, 0.05) is 38.8 Å². The molecule has 0 amide bonds. The minimum atomic E-state index is 0.770. The third-order valence-electron chi connectivity index (χ3n) is 2.85. The molecule has 2 rings (SSSR count). The zero-order chi connectivity index (χ0) is 14.4. The zero-order valence-corrected chi connectivity index (χ0v) is 12.3. The standard InChI is InChI=1S/C14H22N6/c1-4-7-15-13-10-14(18-11(2)17-13)16-8-5-12-6-9-20(3)19-12/h6,9-10H,4-5,7-8H2,1-3H3,(H2,15,16,17,18). The predicted molar refractivity (Wildman–Crippen MR) is 81.0 cm³/mol. The van der Waals surface area contributed by atoms with Crippen LogP contribution in [0, 0.1) is 6.92 Å². The summed E-state index contributed by atoms with van der Waals surface area (Å²) in [6, 6.07) is 3.97.